The highest BCUT2D eigenvalue weighted by molar-refractivity contribution is 6.01. The van der Waals surface area contributed by atoms with Gasteiger partial charge in [0.25, 0.3) is 11.8 Å². The molecule has 0 radical (unpaired) electrons. The predicted octanol–water partition coefficient (Wildman–Crippen LogP) is 4.06. The Hall–Kier alpha value is -3.61. The van der Waals surface area contributed by atoms with Gasteiger partial charge >= 0.3 is 0 Å². The minimum absolute atomic E-state index is 0.167. The third-order valence-corrected chi connectivity index (χ3v) is 5.46. The van der Waals surface area contributed by atoms with Crippen LogP contribution in [0.2, 0.25) is 0 Å². The van der Waals surface area contributed by atoms with E-state index in [1.54, 1.807) is 30.3 Å². The predicted molar refractivity (Wildman–Crippen MR) is 121 cm³/mol. The van der Waals surface area contributed by atoms with Crippen molar-refractivity contribution in [1.82, 2.24) is 9.55 Å². The highest BCUT2D eigenvalue weighted by atomic mass is 16.5. The lowest BCUT2D eigenvalue weighted by Gasteiger charge is -2.25. The highest BCUT2D eigenvalue weighted by Gasteiger charge is 2.22. The van der Waals surface area contributed by atoms with E-state index in [2.05, 4.69) is 20.9 Å². The lowest BCUT2D eigenvalue weighted by atomic mass is 9.95. The van der Waals surface area contributed by atoms with E-state index in [-0.39, 0.29) is 12.5 Å². The molecule has 0 bridgehead atoms. The molecule has 1 heterocycles. The molecule has 1 aromatic heterocycles. The van der Waals surface area contributed by atoms with Crippen LogP contribution in [0.1, 0.15) is 43.7 Å². The van der Waals surface area contributed by atoms with Crippen LogP contribution in [0.4, 0.5) is 5.95 Å². The molecular formula is C24H26N4O3. The standard InChI is InChI=1S/C24H26N4O3/c25-22(29)16-31-19-13-10-17(11-14-19)12-15-23(30)27-24-26-20-8-4-5-9-21(20)28(24)18-6-2-1-3-7-18/h4-5,8-15,18H,1-3,6-7,16H2,(H2,25,29)(H,26,27,30)/b15-12+. The molecule has 0 unspecified atom stereocenters. The molecule has 1 fully saturated rings. The van der Waals surface area contributed by atoms with Crippen molar-refractivity contribution in [3.8, 4) is 5.75 Å². The molecule has 1 aliphatic rings. The van der Waals surface area contributed by atoms with Gasteiger partial charge in [0.15, 0.2) is 6.61 Å². The zero-order valence-corrected chi connectivity index (χ0v) is 17.3. The van der Waals surface area contributed by atoms with Crippen LogP contribution < -0.4 is 15.8 Å². The number of aromatic nitrogens is 2. The van der Waals surface area contributed by atoms with E-state index in [0.717, 1.165) is 29.4 Å². The summed E-state index contributed by atoms with van der Waals surface area (Å²) in [7, 11) is 0. The second-order valence-electron chi connectivity index (χ2n) is 7.73. The average Bonchev–Trinajstić information content (AvgIpc) is 3.15. The van der Waals surface area contributed by atoms with Crippen LogP contribution in [-0.4, -0.2) is 28.0 Å². The van der Waals surface area contributed by atoms with Gasteiger partial charge in [-0.3, -0.25) is 14.9 Å². The number of ether oxygens (including phenoxy) is 1. The molecule has 7 nitrogen and oxygen atoms in total. The van der Waals surface area contributed by atoms with Crippen LogP contribution in [-0.2, 0) is 9.59 Å². The van der Waals surface area contributed by atoms with Crippen LogP contribution in [0.3, 0.4) is 0 Å². The quantitative estimate of drug-likeness (QED) is 0.565. The minimum Gasteiger partial charge on any atom is -0.484 e. The Morgan fingerprint density at radius 2 is 1.84 bits per heavy atom. The fourth-order valence-electron chi connectivity index (χ4n) is 3.99. The number of anilines is 1. The van der Waals surface area contributed by atoms with Gasteiger partial charge in [-0.25, -0.2) is 4.98 Å². The van der Waals surface area contributed by atoms with Crippen LogP contribution in [0.5, 0.6) is 5.75 Å². The van der Waals surface area contributed by atoms with Gasteiger partial charge in [-0.05, 0) is 48.7 Å². The van der Waals surface area contributed by atoms with Crippen LogP contribution in [0.15, 0.2) is 54.6 Å². The Morgan fingerprint density at radius 3 is 2.58 bits per heavy atom. The van der Waals surface area contributed by atoms with Crippen molar-refractivity contribution in [2.75, 3.05) is 11.9 Å². The number of primary amides is 1. The molecule has 0 saturated heterocycles. The summed E-state index contributed by atoms with van der Waals surface area (Å²) in [6.45, 7) is -0.167. The Labute approximate surface area is 180 Å². The maximum Gasteiger partial charge on any atom is 0.255 e. The van der Waals surface area contributed by atoms with Crippen molar-refractivity contribution >= 4 is 34.9 Å². The molecule has 0 aliphatic heterocycles. The largest absolute Gasteiger partial charge is 0.484 e. The van der Waals surface area contributed by atoms with E-state index in [1.807, 2.05) is 18.2 Å². The Kier molecular flexibility index (Phi) is 6.31. The fraction of sp³-hybridized carbons (Fsp3) is 0.292. The number of imidazole rings is 1. The lowest BCUT2D eigenvalue weighted by molar-refractivity contribution is -0.120. The maximum absolute atomic E-state index is 12.6. The molecule has 3 aromatic rings. The SMILES string of the molecule is NC(=O)COc1ccc(/C=C/C(=O)Nc2nc3ccccc3n2C2CCCCC2)cc1. The number of nitrogens with one attached hydrogen (secondary N) is 1. The van der Waals surface area contributed by atoms with Gasteiger partial charge in [0, 0.05) is 12.1 Å². The number of amides is 2. The van der Waals surface area contributed by atoms with Gasteiger partial charge in [0.1, 0.15) is 5.75 Å². The van der Waals surface area contributed by atoms with Gasteiger partial charge in [0.05, 0.1) is 11.0 Å². The number of para-hydroxylation sites is 2. The highest BCUT2D eigenvalue weighted by Crippen LogP contribution is 2.34. The number of nitrogens with zero attached hydrogens (tertiary/aromatic N) is 2. The first-order valence-corrected chi connectivity index (χ1v) is 10.6. The zero-order valence-electron chi connectivity index (χ0n) is 17.3. The average molecular weight is 418 g/mol. The van der Waals surface area contributed by atoms with E-state index in [4.69, 9.17) is 10.5 Å². The summed E-state index contributed by atoms with van der Waals surface area (Å²) in [6, 6.07) is 15.4. The second kappa shape index (κ2) is 9.47. The van der Waals surface area contributed by atoms with Crippen molar-refractivity contribution in [3.63, 3.8) is 0 Å². The molecule has 0 spiro atoms. The molecular weight excluding hydrogens is 392 g/mol. The number of hydrogen-bond donors (Lipinski definition) is 2. The third kappa shape index (κ3) is 5.12. The van der Waals surface area contributed by atoms with E-state index in [9.17, 15) is 9.59 Å². The summed E-state index contributed by atoms with van der Waals surface area (Å²) >= 11 is 0. The molecule has 3 N–H and O–H groups in total. The van der Waals surface area contributed by atoms with Gasteiger partial charge in [-0.2, -0.15) is 0 Å². The van der Waals surface area contributed by atoms with Crippen LogP contribution >= 0.6 is 0 Å². The summed E-state index contributed by atoms with van der Waals surface area (Å²) in [5, 5.41) is 2.96. The molecule has 1 aliphatic carbocycles. The van der Waals surface area contributed by atoms with Crippen molar-refractivity contribution in [2.45, 2.75) is 38.1 Å². The van der Waals surface area contributed by atoms with Gasteiger partial charge in [-0.1, -0.05) is 43.5 Å². The zero-order chi connectivity index (χ0) is 21.6. The van der Waals surface area contributed by atoms with E-state index in [0.29, 0.717) is 17.7 Å². The summed E-state index contributed by atoms with van der Waals surface area (Å²) in [4.78, 5) is 28.1. The lowest BCUT2D eigenvalue weighted by Crippen LogP contribution is -2.19. The summed E-state index contributed by atoms with van der Waals surface area (Å²) in [5.41, 5.74) is 7.85. The molecule has 160 valence electrons. The summed E-state index contributed by atoms with van der Waals surface area (Å²) in [6.07, 6.45) is 9.07. The van der Waals surface area contributed by atoms with Crippen molar-refractivity contribution in [1.29, 1.82) is 0 Å². The molecule has 2 aromatic carbocycles. The number of nitrogens with two attached hydrogens (primary N) is 1. The number of carbonyl (C=O) groups excluding carboxylic acids is 2. The fourth-order valence-corrected chi connectivity index (χ4v) is 3.99. The normalized spacial score (nSPS) is 14.7. The first kappa shape index (κ1) is 20.7. The van der Waals surface area contributed by atoms with Crippen molar-refractivity contribution < 1.29 is 14.3 Å². The smallest absolute Gasteiger partial charge is 0.255 e. The molecule has 31 heavy (non-hydrogen) atoms. The topological polar surface area (TPSA) is 99.2 Å². The number of carbonyl (C=O) groups is 2. The minimum atomic E-state index is -0.528. The number of benzene rings is 2. The van der Waals surface area contributed by atoms with Crippen molar-refractivity contribution in [2.24, 2.45) is 5.73 Å². The van der Waals surface area contributed by atoms with E-state index in [1.165, 1.54) is 25.3 Å². The Balaban J connectivity index is 1.47. The molecule has 1 saturated carbocycles. The molecule has 0 atom stereocenters. The number of fused-ring (bicyclic) bond motifs is 1. The number of rotatable bonds is 7. The molecule has 4 rings (SSSR count). The van der Waals surface area contributed by atoms with Gasteiger partial charge < -0.3 is 15.0 Å². The maximum atomic E-state index is 12.6. The van der Waals surface area contributed by atoms with Crippen LogP contribution in [0, 0.1) is 0 Å². The van der Waals surface area contributed by atoms with Crippen LogP contribution in [0.25, 0.3) is 17.1 Å². The first-order chi connectivity index (χ1) is 15.1. The number of hydrogen-bond acceptors (Lipinski definition) is 4. The third-order valence-electron chi connectivity index (χ3n) is 5.46. The van der Waals surface area contributed by atoms with Crippen molar-refractivity contribution in [3.05, 3.63) is 60.2 Å². The van der Waals surface area contributed by atoms with E-state index >= 15 is 0 Å². The second-order valence-corrected chi connectivity index (χ2v) is 7.73. The summed E-state index contributed by atoms with van der Waals surface area (Å²) in [5.74, 6) is 0.376. The molecule has 2 amide bonds. The Bertz CT molecular complexity index is 1100. The van der Waals surface area contributed by atoms with Gasteiger partial charge in [0.2, 0.25) is 5.95 Å². The van der Waals surface area contributed by atoms with E-state index < -0.39 is 5.91 Å². The first-order valence-electron chi connectivity index (χ1n) is 10.6. The molecule has 7 heteroatoms. The monoisotopic (exact) mass is 418 g/mol. The van der Waals surface area contributed by atoms with Gasteiger partial charge in [-0.15, -0.1) is 0 Å². The summed E-state index contributed by atoms with van der Waals surface area (Å²) < 4.78 is 7.42. The Morgan fingerprint density at radius 1 is 1.10 bits per heavy atom.